The van der Waals surface area contributed by atoms with Gasteiger partial charge in [-0.3, -0.25) is 9.59 Å². The Labute approximate surface area is 180 Å². The molecule has 1 fully saturated rings. The number of aryl methyl sites for hydroxylation is 1. The van der Waals surface area contributed by atoms with Gasteiger partial charge >= 0.3 is 5.97 Å². The highest BCUT2D eigenvalue weighted by Crippen LogP contribution is 2.44. The number of nitrogens with zero attached hydrogens (tertiary/aromatic N) is 1. The molecule has 1 unspecified atom stereocenters. The van der Waals surface area contributed by atoms with Crippen LogP contribution in [0.4, 0.5) is 5.69 Å². The van der Waals surface area contributed by atoms with E-state index in [0.29, 0.717) is 0 Å². The third kappa shape index (κ3) is 3.87. The van der Waals surface area contributed by atoms with Crippen molar-refractivity contribution in [1.29, 1.82) is 0 Å². The van der Waals surface area contributed by atoms with Crippen molar-refractivity contribution in [3.8, 4) is 5.75 Å². The zero-order valence-corrected chi connectivity index (χ0v) is 17.9. The molecule has 1 aliphatic heterocycles. The molecular formula is C24H23NO4S. The van der Waals surface area contributed by atoms with Gasteiger partial charge in [0.1, 0.15) is 5.75 Å². The number of esters is 1. The van der Waals surface area contributed by atoms with Gasteiger partial charge in [-0.2, -0.15) is 0 Å². The molecule has 1 heterocycles. The van der Waals surface area contributed by atoms with Crippen molar-refractivity contribution < 1.29 is 19.1 Å². The molecule has 0 saturated carbocycles. The van der Waals surface area contributed by atoms with E-state index in [1.54, 1.807) is 23.8 Å². The van der Waals surface area contributed by atoms with Gasteiger partial charge in [0.05, 0.1) is 13.2 Å². The van der Waals surface area contributed by atoms with Crippen molar-refractivity contribution >= 4 is 29.3 Å². The van der Waals surface area contributed by atoms with Crippen molar-refractivity contribution in [2.24, 2.45) is 5.92 Å². The fraction of sp³-hybridized carbons (Fsp3) is 0.250. The molecule has 0 aromatic heterocycles. The summed E-state index contributed by atoms with van der Waals surface area (Å²) >= 11 is 1.67. The number of carbonyl (C=O) groups is 2. The van der Waals surface area contributed by atoms with Crippen molar-refractivity contribution in [2.75, 3.05) is 12.0 Å². The van der Waals surface area contributed by atoms with Crippen LogP contribution in [0.3, 0.4) is 0 Å². The third-order valence-electron chi connectivity index (χ3n) is 5.26. The van der Waals surface area contributed by atoms with Crippen molar-refractivity contribution in [3.63, 3.8) is 0 Å². The molecule has 2 aliphatic rings. The lowest BCUT2D eigenvalue weighted by atomic mass is 9.85. The van der Waals surface area contributed by atoms with E-state index in [2.05, 4.69) is 43.3 Å². The minimum Gasteiger partial charge on any atom is -0.497 e. The zero-order valence-electron chi connectivity index (χ0n) is 17.1. The molecule has 30 heavy (non-hydrogen) atoms. The predicted molar refractivity (Wildman–Crippen MR) is 118 cm³/mol. The Kier molecular flexibility index (Phi) is 5.68. The molecule has 6 heteroatoms. The van der Waals surface area contributed by atoms with E-state index in [1.807, 2.05) is 30.3 Å². The molecule has 1 aliphatic carbocycles. The zero-order chi connectivity index (χ0) is 21.3. The number of amides is 1. The van der Waals surface area contributed by atoms with Crippen LogP contribution >= 0.6 is 11.8 Å². The summed E-state index contributed by atoms with van der Waals surface area (Å²) in [5.41, 5.74) is 1.97. The fourth-order valence-electron chi connectivity index (χ4n) is 3.78. The van der Waals surface area contributed by atoms with Crippen LogP contribution in [0.25, 0.3) is 0 Å². The topological polar surface area (TPSA) is 55.8 Å². The van der Waals surface area contributed by atoms with Gasteiger partial charge in [0.15, 0.2) is 0 Å². The van der Waals surface area contributed by atoms with Crippen molar-refractivity contribution in [1.82, 2.24) is 0 Å². The number of benzene rings is 2. The normalized spacial score (nSPS) is 22.5. The van der Waals surface area contributed by atoms with E-state index in [0.717, 1.165) is 21.2 Å². The van der Waals surface area contributed by atoms with E-state index in [4.69, 9.17) is 9.47 Å². The molecule has 0 N–H and O–H groups in total. The number of methoxy groups -OCH3 is 1. The number of allylic oxidation sites excluding steroid dienone is 2. The van der Waals surface area contributed by atoms with Crippen LogP contribution in [0.5, 0.6) is 5.75 Å². The van der Waals surface area contributed by atoms with Gasteiger partial charge in [0.25, 0.3) is 5.91 Å². The van der Waals surface area contributed by atoms with Crippen LogP contribution in [-0.2, 0) is 14.3 Å². The van der Waals surface area contributed by atoms with Gasteiger partial charge in [0, 0.05) is 23.4 Å². The molecule has 2 aromatic carbocycles. The summed E-state index contributed by atoms with van der Waals surface area (Å²) in [5, 5.41) is 0. The second kappa shape index (κ2) is 8.40. The number of ether oxygens (including phenoxy) is 2. The number of hydrogen-bond acceptors (Lipinski definition) is 5. The van der Waals surface area contributed by atoms with Crippen LogP contribution in [0, 0.1) is 12.8 Å². The summed E-state index contributed by atoms with van der Waals surface area (Å²) < 4.78 is 10.6. The first kappa shape index (κ1) is 20.3. The van der Waals surface area contributed by atoms with Crippen LogP contribution in [0.15, 0.2) is 76.6 Å². The van der Waals surface area contributed by atoms with E-state index in [1.165, 1.54) is 12.5 Å². The van der Waals surface area contributed by atoms with Gasteiger partial charge in [-0.25, -0.2) is 0 Å². The van der Waals surface area contributed by atoms with E-state index < -0.39 is 12.1 Å². The van der Waals surface area contributed by atoms with Gasteiger partial charge in [-0.1, -0.05) is 47.7 Å². The lowest BCUT2D eigenvalue weighted by molar-refractivity contribution is -0.161. The van der Waals surface area contributed by atoms with Crippen LogP contribution in [0.2, 0.25) is 0 Å². The highest BCUT2D eigenvalue weighted by molar-refractivity contribution is 8.03. The van der Waals surface area contributed by atoms with Crippen molar-refractivity contribution in [3.05, 3.63) is 77.2 Å². The Morgan fingerprint density at radius 3 is 2.40 bits per heavy atom. The highest BCUT2D eigenvalue weighted by Gasteiger charge is 2.54. The number of rotatable bonds is 6. The van der Waals surface area contributed by atoms with Gasteiger partial charge in [0.2, 0.25) is 6.10 Å². The fourth-order valence-corrected chi connectivity index (χ4v) is 4.82. The Morgan fingerprint density at radius 1 is 1.07 bits per heavy atom. The number of thioether (sulfide) groups is 1. The third-order valence-corrected chi connectivity index (χ3v) is 6.42. The smallest absolute Gasteiger partial charge is 0.303 e. The Bertz CT molecular complexity index is 1010. The molecule has 2 aromatic rings. The lowest BCUT2D eigenvalue weighted by Gasteiger charge is -2.48. The largest absolute Gasteiger partial charge is 0.497 e. The van der Waals surface area contributed by atoms with E-state index in [9.17, 15) is 9.59 Å². The molecule has 1 amide bonds. The average molecular weight is 422 g/mol. The first-order valence-corrected chi connectivity index (χ1v) is 10.6. The Balaban J connectivity index is 1.61. The highest BCUT2D eigenvalue weighted by atomic mass is 32.2. The standard InChI is InChI=1S/C24H23NO4S/c1-15-7-13-19(14-8-15)30-21-6-4-5-20(21)22-23(29-16(2)26)24(27)25(22)17-9-11-18(28-3)12-10-17/h4-14,20,22-23H,1-3H3/t20?,22-,23+/m0/s1. The SMILES string of the molecule is COc1ccc(N2C(=O)[C@H](OC(C)=O)[C@@H]2C2C=CC=C2Sc2ccc(C)cc2)cc1. The van der Waals surface area contributed by atoms with Crippen LogP contribution in [0.1, 0.15) is 12.5 Å². The number of hydrogen-bond donors (Lipinski definition) is 0. The maximum Gasteiger partial charge on any atom is 0.303 e. The van der Waals surface area contributed by atoms with Gasteiger partial charge in [-0.15, -0.1) is 0 Å². The second-order valence-corrected chi connectivity index (χ2v) is 8.47. The molecule has 0 spiro atoms. The number of carbonyl (C=O) groups excluding carboxylic acids is 2. The van der Waals surface area contributed by atoms with Gasteiger partial charge < -0.3 is 14.4 Å². The maximum atomic E-state index is 12.9. The molecule has 5 nitrogen and oxygen atoms in total. The minimum absolute atomic E-state index is 0.0551. The molecule has 0 radical (unpaired) electrons. The first-order valence-electron chi connectivity index (χ1n) is 9.75. The van der Waals surface area contributed by atoms with Crippen LogP contribution < -0.4 is 9.64 Å². The monoisotopic (exact) mass is 421 g/mol. The van der Waals surface area contributed by atoms with Gasteiger partial charge in [-0.05, 0) is 48.2 Å². The summed E-state index contributed by atoms with van der Waals surface area (Å²) in [7, 11) is 1.60. The second-order valence-electron chi connectivity index (χ2n) is 7.32. The minimum atomic E-state index is -0.792. The van der Waals surface area contributed by atoms with E-state index >= 15 is 0 Å². The summed E-state index contributed by atoms with van der Waals surface area (Å²) in [4.78, 5) is 28.5. The number of β-lactam (4-membered cyclic amide) rings is 1. The molecular weight excluding hydrogens is 398 g/mol. The number of anilines is 1. The summed E-state index contributed by atoms with van der Waals surface area (Å²) in [6.45, 7) is 3.40. The Hall–Kier alpha value is -2.99. The van der Waals surface area contributed by atoms with Crippen LogP contribution in [-0.4, -0.2) is 31.1 Å². The summed E-state index contributed by atoms with van der Waals surface area (Å²) in [5.74, 6) is 0.00307. The first-order chi connectivity index (χ1) is 14.5. The predicted octanol–water partition coefficient (Wildman–Crippen LogP) is 4.51. The quantitative estimate of drug-likeness (QED) is 0.507. The maximum absolute atomic E-state index is 12.9. The average Bonchev–Trinajstić information content (AvgIpc) is 3.19. The summed E-state index contributed by atoms with van der Waals surface area (Å²) in [6, 6.07) is 15.4. The summed E-state index contributed by atoms with van der Waals surface area (Å²) in [6.07, 6.45) is 5.34. The molecule has 4 rings (SSSR count). The molecule has 3 atom stereocenters. The lowest BCUT2D eigenvalue weighted by Crippen LogP contribution is -2.69. The molecule has 1 saturated heterocycles. The van der Waals surface area contributed by atoms with Crippen molar-refractivity contribution in [2.45, 2.75) is 30.9 Å². The molecule has 0 bridgehead atoms. The van der Waals surface area contributed by atoms with E-state index in [-0.39, 0.29) is 17.9 Å². The Morgan fingerprint density at radius 2 is 1.77 bits per heavy atom. The molecule has 154 valence electrons.